The number of nitrogens with one attached hydrogen (secondary N) is 1. The van der Waals surface area contributed by atoms with Crippen molar-refractivity contribution in [3.8, 4) is 0 Å². The van der Waals surface area contributed by atoms with Gasteiger partial charge in [-0.25, -0.2) is 4.79 Å². The fourth-order valence-corrected chi connectivity index (χ4v) is 4.26. The molecule has 1 saturated carbocycles. The Hall–Kier alpha value is -2.07. The van der Waals surface area contributed by atoms with Crippen LogP contribution in [0, 0.1) is 5.92 Å². The van der Waals surface area contributed by atoms with Gasteiger partial charge in [0.15, 0.2) is 0 Å². The Bertz CT molecular complexity index is 796. The Kier molecular flexibility index (Phi) is 5.35. The summed E-state index contributed by atoms with van der Waals surface area (Å²) >= 11 is 0. The first kappa shape index (κ1) is 18.3. The maximum absolute atomic E-state index is 13.3. The summed E-state index contributed by atoms with van der Waals surface area (Å²) in [6.45, 7) is 4.09. The van der Waals surface area contributed by atoms with E-state index in [1.54, 1.807) is 0 Å². The molecule has 2 fully saturated rings. The van der Waals surface area contributed by atoms with E-state index in [0.717, 1.165) is 19.5 Å². The predicted molar refractivity (Wildman–Crippen MR) is 111 cm³/mol. The van der Waals surface area contributed by atoms with Gasteiger partial charge in [-0.05, 0) is 74.9 Å². The zero-order chi connectivity index (χ0) is 18.8. The Balaban J connectivity index is 1.57. The summed E-state index contributed by atoms with van der Waals surface area (Å²) in [4.78, 5) is 17.6. The van der Waals surface area contributed by atoms with Crippen molar-refractivity contribution in [2.75, 3.05) is 20.1 Å². The standard InChI is InChI=1S/C23H31N3O/c1-17(20-11-7-9-19-8-3-4-10-21(19)20)26(16-18-13-14-18)23(27)24-22-12-5-6-15-25(22)2/h3-4,7-11,17-18,22H,5-6,12-16H2,1-2H3,(H,24,27). The highest BCUT2D eigenvalue weighted by atomic mass is 16.2. The molecule has 4 heteroatoms. The fraction of sp³-hybridized carbons (Fsp3) is 0.522. The second-order valence-corrected chi connectivity index (χ2v) is 8.28. The van der Waals surface area contributed by atoms with E-state index < -0.39 is 0 Å². The largest absolute Gasteiger partial charge is 0.322 e. The van der Waals surface area contributed by atoms with Crippen molar-refractivity contribution in [1.29, 1.82) is 0 Å². The molecule has 1 N–H and O–H groups in total. The van der Waals surface area contributed by atoms with Crippen LogP contribution in [-0.4, -0.2) is 42.1 Å². The van der Waals surface area contributed by atoms with Crippen LogP contribution in [0.15, 0.2) is 42.5 Å². The average Bonchev–Trinajstić information content (AvgIpc) is 3.51. The molecule has 1 aliphatic carbocycles. The molecule has 27 heavy (non-hydrogen) atoms. The minimum absolute atomic E-state index is 0.0607. The highest BCUT2D eigenvalue weighted by Crippen LogP contribution is 2.34. The van der Waals surface area contributed by atoms with Crippen LogP contribution in [0.25, 0.3) is 10.8 Å². The molecule has 1 aliphatic heterocycles. The first-order valence-corrected chi connectivity index (χ1v) is 10.4. The maximum Gasteiger partial charge on any atom is 0.319 e. The highest BCUT2D eigenvalue weighted by molar-refractivity contribution is 5.86. The van der Waals surface area contributed by atoms with E-state index in [1.165, 1.54) is 42.0 Å². The number of carbonyl (C=O) groups is 1. The lowest BCUT2D eigenvalue weighted by molar-refractivity contribution is 0.129. The third-order valence-electron chi connectivity index (χ3n) is 6.21. The molecule has 2 amide bonds. The van der Waals surface area contributed by atoms with Crippen LogP contribution in [0.1, 0.15) is 50.6 Å². The van der Waals surface area contributed by atoms with Gasteiger partial charge in [0.1, 0.15) is 0 Å². The number of likely N-dealkylation sites (tertiary alicyclic amines) is 1. The monoisotopic (exact) mass is 365 g/mol. The van der Waals surface area contributed by atoms with E-state index in [0.29, 0.717) is 5.92 Å². The Morgan fingerprint density at radius 2 is 1.93 bits per heavy atom. The lowest BCUT2D eigenvalue weighted by Gasteiger charge is -2.37. The topological polar surface area (TPSA) is 35.6 Å². The summed E-state index contributed by atoms with van der Waals surface area (Å²) in [6, 6.07) is 15.0. The molecule has 0 spiro atoms. The number of nitrogens with zero attached hydrogens (tertiary/aromatic N) is 2. The zero-order valence-electron chi connectivity index (χ0n) is 16.5. The normalized spacial score (nSPS) is 21.8. The van der Waals surface area contributed by atoms with Gasteiger partial charge in [-0.15, -0.1) is 0 Å². The van der Waals surface area contributed by atoms with E-state index in [9.17, 15) is 4.79 Å². The minimum Gasteiger partial charge on any atom is -0.322 e. The van der Waals surface area contributed by atoms with Crippen molar-refractivity contribution >= 4 is 16.8 Å². The Labute approximate surface area is 162 Å². The fourth-order valence-electron chi connectivity index (χ4n) is 4.26. The second-order valence-electron chi connectivity index (χ2n) is 8.28. The van der Waals surface area contributed by atoms with Crippen molar-refractivity contribution in [2.24, 2.45) is 5.92 Å². The molecule has 4 nitrogen and oxygen atoms in total. The van der Waals surface area contributed by atoms with Gasteiger partial charge in [0.2, 0.25) is 0 Å². The lowest BCUT2D eigenvalue weighted by atomic mass is 9.98. The number of fused-ring (bicyclic) bond motifs is 1. The summed E-state index contributed by atoms with van der Waals surface area (Å²) in [5.74, 6) is 0.664. The smallest absolute Gasteiger partial charge is 0.319 e. The molecule has 2 unspecified atom stereocenters. The van der Waals surface area contributed by atoms with Crippen LogP contribution in [0.2, 0.25) is 0 Å². The van der Waals surface area contributed by atoms with E-state index in [1.807, 2.05) is 0 Å². The first-order valence-electron chi connectivity index (χ1n) is 10.4. The molecule has 2 aliphatic rings. The summed E-state index contributed by atoms with van der Waals surface area (Å²) in [6.07, 6.45) is 6.11. The van der Waals surface area contributed by atoms with E-state index >= 15 is 0 Å². The minimum atomic E-state index is 0.0607. The molecular weight excluding hydrogens is 334 g/mol. The molecule has 1 heterocycles. The summed E-state index contributed by atoms with van der Waals surface area (Å²) < 4.78 is 0. The van der Waals surface area contributed by atoms with Crippen molar-refractivity contribution in [3.05, 3.63) is 48.0 Å². The maximum atomic E-state index is 13.3. The number of piperidine rings is 1. The SMILES string of the molecule is CC(c1cccc2ccccc12)N(CC1CC1)C(=O)NC1CCCCN1C. The summed E-state index contributed by atoms with van der Waals surface area (Å²) in [5, 5.41) is 5.80. The number of rotatable bonds is 5. The quantitative estimate of drug-likeness (QED) is 0.829. The lowest BCUT2D eigenvalue weighted by Crippen LogP contribution is -2.53. The predicted octanol–water partition coefficient (Wildman–Crippen LogP) is 4.76. The van der Waals surface area contributed by atoms with Crippen LogP contribution in [0.4, 0.5) is 4.79 Å². The van der Waals surface area contributed by atoms with Crippen molar-refractivity contribution in [1.82, 2.24) is 15.1 Å². The highest BCUT2D eigenvalue weighted by Gasteiger charge is 2.32. The van der Waals surface area contributed by atoms with Gasteiger partial charge in [0.25, 0.3) is 0 Å². The molecule has 1 saturated heterocycles. The van der Waals surface area contributed by atoms with Crippen LogP contribution >= 0.6 is 0 Å². The van der Waals surface area contributed by atoms with Crippen LogP contribution in [0.3, 0.4) is 0 Å². The molecule has 4 rings (SSSR count). The number of carbonyl (C=O) groups excluding carboxylic acids is 1. The number of benzene rings is 2. The van der Waals surface area contributed by atoms with Gasteiger partial charge in [0.05, 0.1) is 12.2 Å². The molecule has 2 aromatic rings. The number of urea groups is 1. The summed E-state index contributed by atoms with van der Waals surface area (Å²) in [5.41, 5.74) is 1.24. The van der Waals surface area contributed by atoms with Crippen LogP contribution in [0.5, 0.6) is 0 Å². The molecular formula is C23H31N3O. The Morgan fingerprint density at radius 3 is 2.70 bits per heavy atom. The third kappa shape index (κ3) is 4.11. The van der Waals surface area contributed by atoms with Crippen LogP contribution < -0.4 is 5.32 Å². The van der Waals surface area contributed by atoms with Gasteiger partial charge in [-0.3, -0.25) is 4.90 Å². The van der Waals surface area contributed by atoms with Gasteiger partial charge in [-0.2, -0.15) is 0 Å². The van der Waals surface area contributed by atoms with Gasteiger partial charge >= 0.3 is 6.03 Å². The van der Waals surface area contributed by atoms with E-state index in [-0.39, 0.29) is 18.2 Å². The molecule has 2 aromatic carbocycles. The molecule has 0 aromatic heterocycles. The number of hydrogen-bond acceptors (Lipinski definition) is 2. The van der Waals surface area contributed by atoms with Crippen molar-refractivity contribution < 1.29 is 4.79 Å². The molecule has 2 atom stereocenters. The number of hydrogen-bond donors (Lipinski definition) is 1. The van der Waals surface area contributed by atoms with Crippen molar-refractivity contribution in [2.45, 2.75) is 51.2 Å². The molecule has 0 radical (unpaired) electrons. The number of amides is 2. The Morgan fingerprint density at radius 1 is 1.15 bits per heavy atom. The molecule has 144 valence electrons. The second kappa shape index (κ2) is 7.89. The van der Waals surface area contributed by atoms with E-state index in [4.69, 9.17) is 0 Å². The molecule has 0 bridgehead atoms. The zero-order valence-corrected chi connectivity index (χ0v) is 16.5. The van der Waals surface area contributed by atoms with Gasteiger partial charge in [0, 0.05) is 6.54 Å². The van der Waals surface area contributed by atoms with E-state index in [2.05, 4.69) is 71.6 Å². The summed E-state index contributed by atoms with van der Waals surface area (Å²) in [7, 11) is 2.11. The third-order valence-corrected chi connectivity index (χ3v) is 6.21. The van der Waals surface area contributed by atoms with Gasteiger partial charge < -0.3 is 10.2 Å². The van der Waals surface area contributed by atoms with Crippen LogP contribution in [-0.2, 0) is 0 Å². The van der Waals surface area contributed by atoms with Gasteiger partial charge in [-0.1, -0.05) is 42.5 Å². The average molecular weight is 366 g/mol. The van der Waals surface area contributed by atoms with Crippen molar-refractivity contribution in [3.63, 3.8) is 0 Å². The first-order chi connectivity index (χ1) is 13.1.